The Labute approximate surface area is 172 Å². The van der Waals surface area contributed by atoms with Crippen LogP contribution in [0.25, 0.3) is 16.8 Å². The van der Waals surface area contributed by atoms with E-state index < -0.39 is 0 Å². The average molecular weight is 403 g/mol. The molecule has 30 heavy (non-hydrogen) atoms. The minimum absolute atomic E-state index is 0.168. The Bertz CT molecular complexity index is 1240. The summed E-state index contributed by atoms with van der Waals surface area (Å²) in [5.41, 5.74) is 2.53. The van der Waals surface area contributed by atoms with Crippen molar-refractivity contribution in [1.29, 1.82) is 0 Å². The lowest BCUT2D eigenvalue weighted by atomic mass is 10.1. The summed E-state index contributed by atoms with van der Waals surface area (Å²) in [6.45, 7) is 1.93. The summed E-state index contributed by atoms with van der Waals surface area (Å²) in [5.74, 6) is 0.974. The maximum Gasteiger partial charge on any atom is 0.293 e. The molecule has 0 aliphatic heterocycles. The van der Waals surface area contributed by atoms with E-state index in [-0.39, 0.29) is 18.0 Å². The van der Waals surface area contributed by atoms with Gasteiger partial charge < -0.3 is 10.1 Å². The maximum absolute atomic E-state index is 12.9. The van der Waals surface area contributed by atoms with Crippen molar-refractivity contribution in [1.82, 2.24) is 24.7 Å². The van der Waals surface area contributed by atoms with Crippen molar-refractivity contribution in [3.8, 4) is 17.0 Å². The first-order valence-corrected chi connectivity index (χ1v) is 9.47. The number of rotatable bonds is 6. The third-order valence-electron chi connectivity index (χ3n) is 4.75. The molecule has 0 bridgehead atoms. The number of carbonyl (C=O) groups excluding carboxylic acids is 1. The highest BCUT2D eigenvalue weighted by Crippen LogP contribution is 2.18. The highest BCUT2D eigenvalue weighted by molar-refractivity contribution is 5.75. The number of aromatic nitrogens is 4. The first-order chi connectivity index (χ1) is 14.5. The van der Waals surface area contributed by atoms with E-state index in [9.17, 15) is 9.59 Å². The minimum atomic E-state index is -0.366. The first kappa shape index (κ1) is 19.4. The zero-order valence-electron chi connectivity index (χ0n) is 16.7. The van der Waals surface area contributed by atoms with Crippen molar-refractivity contribution in [2.24, 2.45) is 0 Å². The molecule has 8 heteroatoms. The summed E-state index contributed by atoms with van der Waals surface area (Å²) in [5, 5.41) is 11.5. The van der Waals surface area contributed by atoms with Gasteiger partial charge in [0.15, 0.2) is 0 Å². The Kier molecular flexibility index (Phi) is 5.30. The lowest BCUT2D eigenvalue weighted by Gasteiger charge is -2.09. The predicted octanol–water partition coefficient (Wildman–Crippen LogP) is 2.19. The van der Waals surface area contributed by atoms with Crippen molar-refractivity contribution >= 4 is 11.4 Å². The van der Waals surface area contributed by atoms with E-state index in [4.69, 9.17) is 4.74 Å². The van der Waals surface area contributed by atoms with E-state index in [1.807, 2.05) is 54.6 Å². The van der Waals surface area contributed by atoms with Crippen LogP contribution in [0.15, 0.2) is 65.5 Å². The van der Waals surface area contributed by atoms with E-state index >= 15 is 0 Å². The smallest absolute Gasteiger partial charge is 0.293 e. The number of fused-ring (bicyclic) bond motifs is 1. The van der Waals surface area contributed by atoms with Gasteiger partial charge in [0.05, 0.1) is 12.8 Å². The number of nitrogens with zero attached hydrogens (tertiary/aromatic N) is 4. The molecule has 0 atom stereocenters. The molecule has 2 heterocycles. The van der Waals surface area contributed by atoms with Gasteiger partial charge in [-0.2, -0.15) is 10.2 Å². The molecule has 4 rings (SSSR count). The molecule has 2 aromatic heterocycles. The lowest BCUT2D eigenvalue weighted by Crippen LogP contribution is -2.34. The van der Waals surface area contributed by atoms with E-state index in [0.717, 1.165) is 16.9 Å². The molecule has 0 radical (unpaired) electrons. The summed E-state index contributed by atoms with van der Waals surface area (Å²) >= 11 is 0. The predicted molar refractivity (Wildman–Crippen MR) is 112 cm³/mol. The fourth-order valence-corrected chi connectivity index (χ4v) is 3.17. The fraction of sp³-hybridized carbons (Fsp3) is 0.182. The number of amides is 1. The second-order valence-electron chi connectivity index (χ2n) is 6.83. The third kappa shape index (κ3) is 3.93. The normalized spacial score (nSPS) is 10.9. The topological polar surface area (TPSA) is 90.5 Å². The van der Waals surface area contributed by atoms with Crippen molar-refractivity contribution in [2.45, 2.75) is 20.0 Å². The van der Waals surface area contributed by atoms with Gasteiger partial charge >= 0.3 is 0 Å². The second-order valence-corrected chi connectivity index (χ2v) is 6.83. The number of carbonyl (C=O) groups is 1. The highest BCUT2D eigenvalue weighted by Gasteiger charge is 2.14. The van der Waals surface area contributed by atoms with Crippen LogP contribution in [0, 0.1) is 6.92 Å². The van der Waals surface area contributed by atoms with Gasteiger partial charge in [0.25, 0.3) is 5.56 Å². The van der Waals surface area contributed by atoms with Gasteiger partial charge in [-0.3, -0.25) is 9.59 Å². The SMILES string of the molecule is COc1ccc(CNC(=O)Cn2nc(C)n3nc(-c4ccccc4)cc3c2=O)cc1. The summed E-state index contributed by atoms with van der Waals surface area (Å²) in [7, 11) is 1.60. The number of hydrogen-bond donors (Lipinski definition) is 1. The zero-order valence-corrected chi connectivity index (χ0v) is 16.7. The summed E-state index contributed by atoms with van der Waals surface area (Å²) in [6, 6.07) is 18.7. The molecule has 0 fully saturated rings. The van der Waals surface area contributed by atoms with Crippen LogP contribution in [0.1, 0.15) is 11.4 Å². The number of ether oxygens (including phenoxy) is 1. The van der Waals surface area contributed by atoms with Crippen LogP contribution in [-0.4, -0.2) is 32.4 Å². The largest absolute Gasteiger partial charge is 0.497 e. The van der Waals surface area contributed by atoms with Crippen LogP contribution in [-0.2, 0) is 17.9 Å². The molecule has 8 nitrogen and oxygen atoms in total. The standard InChI is InChI=1S/C22H21N5O3/c1-15-24-26(14-21(28)23-13-16-8-10-18(30-2)11-9-16)22(29)20-12-19(25-27(15)20)17-6-4-3-5-7-17/h3-12H,13-14H2,1-2H3,(H,23,28). The number of hydrogen-bond acceptors (Lipinski definition) is 5. The van der Waals surface area contributed by atoms with Crippen molar-refractivity contribution in [3.05, 3.63) is 82.4 Å². The number of aryl methyl sites for hydroxylation is 1. The Morgan fingerprint density at radius 2 is 1.80 bits per heavy atom. The van der Waals surface area contributed by atoms with Gasteiger partial charge in [-0.15, -0.1) is 0 Å². The van der Waals surface area contributed by atoms with Crippen LogP contribution in [0.3, 0.4) is 0 Å². The van der Waals surface area contributed by atoms with Gasteiger partial charge in [0, 0.05) is 12.1 Å². The minimum Gasteiger partial charge on any atom is -0.497 e. The average Bonchev–Trinajstić information content (AvgIpc) is 3.23. The zero-order chi connectivity index (χ0) is 21.1. The van der Waals surface area contributed by atoms with Gasteiger partial charge in [-0.25, -0.2) is 9.20 Å². The van der Waals surface area contributed by atoms with Crippen LogP contribution < -0.4 is 15.6 Å². The molecule has 0 saturated heterocycles. The van der Waals surface area contributed by atoms with Crippen LogP contribution in [0.5, 0.6) is 5.75 Å². The van der Waals surface area contributed by atoms with E-state index in [1.165, 1.54) is 9.20 Å². The molecule has 2 aromatic carbocycles. The Morgan fingerprint density at radius 1 is 1.07 bits per heavy atom. The van der Waals surface area contributed by atoms with Crippen molar-refractivity contribution in [3.63, 3.8) is 0 Å². The summed E-state index contributed by atoms with van der Waals surface area (Å²) < 4.78 is 7.80. The summed E-state index contributed by atoms with van der Waals surface area (Å²) in [4.78, 5) is 25.2. The monoisotopic (exact) mass is 403 g/mol. The number of benzene rings is 2. The van der Waals surface area contributed by atoms with Crippen LogP contribution >= 0.6 is 0 Å². The number of nitrogens with one attached hydrogen (secondary N) is 1. The third-order valence-corrected chi connectivity index (χ3v) is 4.75. The van der Waals surface area contributed by atoms with E-state index in [1.54, 1.807) is 20.1 Å². The molecule has 0 saturated carbocycles. The molecule has 152 valence electrons. The first-order valence-electron chi connectivity index (χ1n) is 9.47. The molecule has 0 unspecified atom stereocenters. The molecular formula is C22H21N5O3. The second kappa shape index (κ2) is 8.20. The van der Waals surface area contributed by atoms with E-state index in [2.05, 4.69) is 15.5 Å². The van der Waals surface area contributed by atoms with Gasteiger partial charge in [0.1, 0.15) is 23.6 Å². The highest BCUT2D eigenvalue weighted by atomic mass is 16.5. The Morgan fingerprint density at radius 3 is 2.50 bits per heavy atom. The Hall–Kier alpha value is -3.94. The lowest BCUT2D eigenvalue weighted by molar-refractivity contribution is -0.122. The molecule has 0 spiro atoms. The number of methoxy groups -OCH3 is 1. The molecule has 0 aliphatic carbocycles. The van der Waals surface area contributed by atoms with Gasteiger partial charge in [-0.05, 0) is 30.7 Å². The quantitative estimate of drug-likeness (QED) is 0.533. The molecule has 0 aliphatic rings. The van der Waals surface area contributed by atoms with Gasteiger partial charge in [0.2, 0.25) is 5.91 Å². The molecule has 4 aromatic rings. The van der Waals surface area contributed by atoms with Crippen LogP contribution in [0.2, 0.25) is 0 Å². The fourth-order valence-electron chi connectivity index (χ4n) is 3.17. The van der Waals surface area contributed by atoms with E-state index in [0.29, 0.717) is 23.6 Å². The van der Waals surface area contributed by atoms with Gasteiger partial charge in [-0.1, -0.05) is 42.5 Å². The summed E-state index contributed by atoms with van der Waals surface area (Å²) in [6.07, 6.45) is 0. The molecular weight excluding hydrogens is 382 g/mol. The van der Waals surface area contributed by atoms with Crippen molar-refractivity contribution in [2.75, 3.05) is 7.11 Å². The maximum atomic E-state index is 12.9. The molecule has 1 amide bonds. The van der Waals surface area contributed by atoms with Crippen LogP contribution in [0.4, 0.5) is 0 Å². The molecule has 1 N–H and O–H groups in total. The van der Waals surface area contributed by atoms with Crippen molar-refractivity contribution < 1.29 is 9.53 Å². The Balaban J connectivity index is 1.53.